The van der Waals surface area contributed by atoms with Gasteiger partial charge in [-0.05, 0) is 38.6 Å². The zero-order chi connectivity index (χ0) is 10.4. The van der Waals surface area contributed by atoms with E-state index in [1.54, 1.807) is 11.8 Å². The van der Waals surface area contributed by atoms with Crippen LogP contribution in [0.15, 0.2) is 0 Å². The monoisotopic (exact) mass is 216 g/mol. The minimum absolute atomic E-state index is 0.304. The van der Waals surface area contributed by atoms with Gasteiger partial charge in [-0.1, -0.05) is 0 Å². The van der Waals surface area contributed by atoms with Crippen molar-refractivity contribution in [1.29, 1.82) is 0 Å². The van der Waals surface area contributed by atoms with E-state index in [0.717, 1.165) is 26.1 Å². The summed E-state index contributed by atoms with van der Waals surface area (Å²) in [6, 6.07) is 0. The third-order valence-corrected chi connectivity index (χ3v) is 3.17. The highest BCUT2D eigenvalue weighted by Crippen LogP contribution is 2.16. The van der Waals surface area contributed by atoms with Crippen molar-refractivity contribution in [2.75, 3.05) is 38.7 Å². The molecule has 1 N–H and O–H groups in total. The molecular weight excluding hydrogens is 196 g/mol. The summed E-state index contributed by atoms with van der Waals surface area (Å²) in [4.78, 5) is 13.6. The molecule has 3 nitrogen and oxygen atoms in total. The van der Waals surface area contributed by atoms with Gasteiger partial charge in [0.2, 0.25) is 5.91 Å². The summed E-state index contributed by atoms with van der Waals surface area (Å²) in [6.07, 6.45) is 4.39. The fraction of sp³-hybridized carbons (Fsp3) is 0.900. The predicted octanol–water partition coefficient (Wildman–Crippen LogP) is 0.807. The Balaban J connectivity index is 2.35. The van der Waals surface area contributed by atoms with E-state index in [1.807, 2.05) is 18.2 Å². The number of nitrogens with one attached hydrogen (secondary N) is 1. The smallest absolute Gasteiger partial charge is 0.232 e. The van der Waals surface area contributed by atoms with E-state index >= 15 is 0 Å². The number of rotatable bonds is 4. The van der Waals surface area contributed by atoms with Crippen LogP contribution in [0.2, 0.25) is 0 Å². The lowest BCUT2D eigenvalue weighted by Crippen LogP contribution is -2.43. The molecule has 1 amide bonds. The molecule has 0 aromatic rings. The van der Waals surface area contributed by atoms with Gasteiger partial charge in [0.25, 0.3) is 0 Å². The maximum atomic E-state index is 11.6. The number of hydrogen-bond donors (Lipinski definition) is 1. The molecule has 0 saturated carbocycles. The van der Waals surface area contributed by atoms with E-state index < -0.39 is 0 Å². The van der Waals surface area contributed by atoms with Gasteiger partial charge in [0, 0.05) is 13.1 Å². The molecule has 1 rings (SSSR count). The Labute approximate surface area is 90.6 Å². The second kappa shape index (κ2) is 6.30. The van der Waals surface area contributed by atoms with Crippen LogP contribution in [0.25, 0.3) is 0 Å². The Kier molecular flexibility index (Phi) is 5.33. The van der Waals surface area contributed by atoms with Gasteiger partial charge < -0.3 is 10.2 Å². The first-order valence-electron chi connectivity index (χ1n) is 5.19. The molecule has 0 radical (unpaired) electrons. The molecule has 1 atom stereocenters. The summed E-state index contributed by atoms with van der Waals surface area (Å²) < 4.78 is 0. The first-order valence-corrected chi connectivity index (χ1v) is 6.58. The maximum Gasteiger partial charge on any atom is 0.232 e. The molecule has 82 valence electrons. The number of carbonyl (C=O) groups is 1. The molecule has 4 heteroatoms. The molecule has 1 heterocycles. The van der Waals surface area contributed by atoms with Crippen molar-refractivity contribution in [2.45, 2.75) is 12.8 Å². The molecule has 0 aromatic heterocycles. The molecule has 1 unspecified atom stereocenters. The van der Waals surface area contributed by atoms with Gasteiger partial charge in [0.1, 0.15) is 0 Å². The summed E-state index contributed by atoms with van der Waals surface area (Å²) in [6.45, 7) is 2.93. The largest absolute Gasteiger partial charge is 0.342 e. The Bertz CT molecular complexity index is 185. The minimum Gasteiger partial charge on any atom is -0.342 e. The van der Waals surface area contributed by atoms with Gasteiger partial charge >= 0.3 is 0 Å². The van der Waals surface area contributed by atoms with Gasteiger partial charge in [-0.2, -0.15) is 11.8 Å². The van der Waals surface area contributed by atoms with Crippen LogP contribution in [-0.2, 0) is 4.79 Å². The molecule has 0 aromatic carbocycles. The van der Waals surface area contributed by atoms with Crippen molar-refractivity contribution in [3.63, 3.8) is 0 Å². The Hall–Kier alpha value is -0.220. The molecular formula is C10H20N2OS. The summed E-state index contributed by atoms with van der Waals surface area (Å²) in [5.41, 5.74) is 0. The van der Waals surface area contributed by atoms with Crippen molar-refractivity contribution < 1.29 is 4.79 Å². The average molecular weight is 216 g/mol. The Morgan fingerprint density at radius 2 is 2.43 bits per heavy atom. The molecule has 1 saturated heterocycles. The molecule has 1 fully saturated rings. The van der Waals surface area contributed by atoms with Gasteiger partial charge in [-0.15, -0.1) is 0 Å². The molecule has 14 heavy (non-hydrogen) atoms. The minimum atomic E-state index is 0.304. The first-order chi connectivity index (χ1) is 6.77. The summed E-state index contributed by atoms with van der Waals surface area (Å²) in [5.74, 6) is 1.59. The molecule has 0 spiro atoms. The molecule has 1 aliphatic rings. The molecule has 0 aliphatic carbocycles. The van der Waals surface area contributed by atoms with Crippen molar-refractivity contribution >= 4 is 17.7 Å². The Morgan fingerprint density at radius 1 is 1.64 bits per heavy atom. The third-order valence-electron chi connectivity index (χ3n) is 2.63. The zero-order valence-corrected chi connectivity index (χ0v) is 9.90. The fourth-order valence-electron chi connectivity index (χ4n) is 1.96. The standard InChI is InChI=1S/C10H20N2OS/c1-11-6-9-4-3-5-12(7-9)10(13)8-14-2/h9,11H,3-8H2,1-2H3. The van der Waals surface area contributed by atoms with Crippen LogP contribution < -0.4 is 5.32 Å². The van der Waals surface area contributed by atoms with Crippen LogP contribution in [-0.4, -0.2) is 49.5 Å². The number of piperidine rings is 1. The van der Waals surface area contributed by atoms with Crippen LogP contribution in [0.4, 0.5) is 0 Å². The van der Waals surface area contributed by atoms with Crippen LogP contribution in [0.3, 0.4) is 0 Å². The first kappa shape index (κ1) is 11.9. The fourth-order valence-corrected chi connectivity index (χ4v) is 2.39. The van der Waals surface area contributed by atoms with Crippen LogP contribution >= 0.6 is 11.8 Å². The average Bonchev–Trinajstić information content (AvgIpc) is 2.19. The van der Waals surface area contributed by atoms with E-state index in [0.29, 0.717) is 17.6 Å². The van der Waals surface area contributed by atoms with E-state index in [-0.39, 0.29) is 0 Å². The van der Waals surface area contributed by atoms with Gasteiger partial charge in [-0.25, -0.2) is 0 Å². The quantitative estimate of drug-likeness (QED) is 0.755. The summed E-state index contributed by atoms with van der Waals surface area (Å²) in [7, 11) is 1.97. The molecule has 1 aliphatic heterocycles. The number of carbonyl (C=O) groups excluding carboxylic acids is 1. The van der Waals surface area contributed by atoms with Gasteiger partial charge in [0.15, 0.2) is 0 Å². The van der Waals surface area contributed by atoms with Crippen molar-refractivity contribution in [3.05, 3.63) is 0 Å². The van der Waals surface area contributed by atoms with E-state index in [2.05, 4.69) is 5.32 Å². The summed E-state index contributed by atoms with van der Waals surface area (Å²) >= 11 is 1.61. The highest BCUT2D eigenvalue weighted by Gasteiger charge is 2.22. The normalized spacial score (nSPS) is 22.4. The number of thioether (sulfide) groups is 1. The second-order valence-electron chi connectivity index (χ2n) is 3.84. The van der Waals surface area contributed by atoms with Crippen molar-refractivity contribution in [2.24, 2.45) is 5.92 Å². The van der Waals surface area contributed by atoms with Crippen LogP contribution in [0.5, 0.6) is 0 Å². The van der Waals surface area contributed by atoms with E-state index in [9.17, 15) is 4.79 Å². The third kappa shape index (κ3) is 3.50. The molecule has 0 bridgehead atoms. The SMILES string of the molecule is CNCC1CCCN(C(=O)CSC)C1. The number of likely N-dealkylation sites (tertiary alicyclic amines) is 1. The number of nitrogens with zero attached hydrogens (tertiary/aromatic N) is 1. The van der Waals surface area contributed by atoms with Gasteiger partial charge in [-0.3, -0.25) is 4.79 Å². The van der Waals surface area contributed by atoms with E-state index in [1.165, 1.54) is 6.42 Å². The van der Waals surface area contributed by atoms with Crippen molar-refractivity contribution in [3.8, 4) is 0 Å². The van der Waals surface area contributed by atoms with Crippen LogP contribution in [0, 0.1) is 5.92 Å². The second-order valence-corrected chi connectivity index (χ2v) is 4.70. The predicted molar refractivity (Wildman–Crippen MR) is 61.6 cm³/mol. The highest BCUT2D eigenvalue weighted by atomic mass is 32.2. The van der Waals surface area contributed by atoms with Crippen molar-refractivity contribution in [1.82, 2.24) is 10.2 Å². The summed E-state index contributed by atoms with van der Waals surface area (Å²) in [5, 5.41) is 3.19. The number of amides is 1. The topological polar surface area (TPSA) is 32.3 Å². The lowest BCUT2D eigenvalue weighted by molar-refractivity contribution is -0.130. The van der Waals surface area contributed by atoms with Gasteiger partial charge in [0.05, 0.1) is 5.75 Å². The Morgan fingerprint density at radius 3 is 3.07 bits per heavy atom. The number of hydrogen-bond acceptors (Lipinski definition) is 3. The maximum absolute atomic E-state index is 11.6. The lowest BCUT2D eigenvalue weighted by atomic mass is 9.98. The van der Waals surface area contributed by atoms with Crippen LogP contribution in [0.1, 0.15) is 12.8 Å². The lowest BCUT2D eigenvalue weighted by Gasteiger charge is -2.32. The van der Waals surface area contributed by atoms with E-state index in [4.69, 9.17) is 0 Å². The highest BCUT2D eigenvalue weighted by molar-refractivity contribution is 7.99. The zero-order valence-electron chi connectivity index (χ0n) is 9.08.